The minimum Gasteiger partial charge on any atom is -0.346 e. The quantitative estimate of drug-likeness (QED) is 0.230. The number of nitrogens with zero attached hydrogens (tertiary/aromatic N) is 6. The van der Waals surface area contributed by atoms with Crippen molar-refractivity contribution in [3.63, 3.8) is 0 Å². The summed E-state index contributed by atoms with van der Waals surface area (Å²) >= 11 is 6.79. The van der Waals surface area contributed by atoms with Crippen LogP contribution in [-0.2, 0) is 9.36 Å². The van der Waals surface area contributed by atoms with E-state index < -0.39 is 13.5 Å². The van der Waals surface area contributed by atoms with Crippen LogP contribution < -0.4 is 4.90 Å². The molecule has 3 atom stereocenters. The van der Waals surface area contributed by atoms with Gasteiger partial charge in [0, 0.05) is 41.7 Å². The van der Waals surface area contributed by atoms with Crippen LogP contribution >= 0.6 is 19.3 Å². The molecule has 4 aromatic rings. The van der Waals surface area contributed by atoms with E-state index in [4.69, 9.17) is 21.3 Å². The van der Waals surface area contributed by atoms with Crippen LogP contribution in [0, 0.1) is 12.7 Å². The van der Waals surface area contributed by atoms with Gasteiger partial charge >= 0.3 is 7.73 Å². The number of rotatable bonds is 5. The highest BCUT2D eigenvalue weighted by atomic mass is 35.5. The number of pyridine rings is 2. The van der Waals surface area contributed by atoms with E-state index in [1.165, 1.54) is 12.1 Å². The highest BCUT2D eigenvalue weighted by molar-refractivity contribution is 7.28. The number of benzene rings is 1. The fourth-order valence-electron chi connectivity index (χ4n) is 5.43. The first-order valence-electron chi connectivity index (χ1n) is 13.5. The number of anilines is 1. The molecule has 1 unspecified atom stereocenters. The molecule has 0 bridgehead atoms. The molecule has 1 aliphatic rings. The number of halogens is 2. The monoisotopic (exact) mass is 593 g/mol. The Labute approximate surface area is 244 Å². The van der Waals surface area contributed by atoms with E-state index in [9.17, 15) is 13.8 Å². The van der Waals surface area contributed by atoms with Crippen molar-refractivity contribution in [2.75, 3.05) is 18.0 Å². The van der Waals surface area contributed by atoms with E-state index >= 15 is 0 Å². The zero-order valence-electron chi connectivity index (χ0n) is 23.7. The van der Waals surface area contributed by atoms with E-state index in [1.807, 2.05) is 45.6 Å². The molecule has 1 aromatic carbocycles. The van der Waals surface area contributed by atoms with Crippen molar-refractivity contribution in [2.45, 2.75) is 52.6 Å². The van der Waals surface area contributed by atoms with Gasteiger partial charge in [0.25, 0.3) is 0 Å². The molecule has 1 aliphatic heterocycles. The number of hydrogen-bond acceptors (Lipinski definition) is 6. The van der Waals surface area contributed by atoms with Crippen molar-refractivity contribution in [3.05, 3.63) is 77.3 Å². The van der Waals surface area contributed by atoms with Gasteiger partial charge < -0.3 is 9.80 Å². The molecule has 0 radical (unpaired) electrons. The molecule has 0 spiro atoms. The van der Waals surface area contributed by atoms with E-state index in [0.29, 0.717) is 35.6 Å². The summed E-state index contributed by atoms with van der Waals surface area (Å²) in [4.78, 5) is 25.8. The molecular weight excluding hydrogens is 562 g/mol. The molecule has 1 amide bonds. The molecule has 0 saturated carbocycles. The number of carbonyl (C=O) groups is 1. The first-order chi connectivity index (χ1) is 19.5. The minimum atomic E-state index is -2.40. The second-order valence-corrected chi connectivity index (χ2v) is 12.2. The number of piperazine rings is 1. The molecular formula is C30H32ClFN6O2P+. The van der Waals surface area contributed by atoms with E-state index in [0.717, 1.165) is 11.3 Å². The summed E-state index contributed by atoms with van der Waals surface area (Å²) < 4.78 is 35.5. The molecule has 41 heavy (non-hydrogen) atoms. The van der Waals surface area contributed by atoms with E-state index in [-0.39, 0.29) is 40.2 Å². The topological polar surface area (TPSA) is 84.2 Å². The Morgan fingerprint density at radius 1 is 1.20 bits per heavy atom. The standard InChI is InChI=1S/C30H32ClFN6O2P/c1-7-25(39)36-15-20(6)37(16-19(36)5)30-22-14-23(31)27(21-10-8-9-11-24(21)32)34-29(22)38(41(40)35-30)28-18(4)12-13-33-26(28)17(2)3/h7-14,17,19-20H,1,15-16H2,2-6H3/q+1/t19-,20+/m1/s1. The lowest BCUT2D eigenvalue weighted by atomic mass is 10.0. The number of aryl methyl sites for hydroxylation is 1. The predicted octanol–water partition coefficient (Wildman–Crippen LogP) is 7.06. The van der Waals surface area contributed by atoms with Crippen molar-refractivity contribution < 1.29 is 13.8 Å². The summed E-state index contributed by atoms with van der Waals surface area (Å²) in [6.07, 6.45) is 3.05. The van der Waals surface area contributed by atoms with Crippen LogP contribution in [0.4, 0.5) is 10.2 Å². The maximum atomic E-state index is 15.0. The molecule has 5 rings (SSSR count). The minimum absolute atomic E-state index is 0.0248. The van der Waals surface area contributed by atoms with Crippen LogP contribution in [0.15, 0.2) is 55.3 Å². The van der Waals surface area contributed by atoms with Crippen LogP contribution in [0.1, 0.15) is 44.9 Å². The van der Waals surface area contributed by atoms with Gasteiger partial charge in [0.2, 0.25) is 5.91 Å². The summed E-state index contributed by atoms with van der Waals surface area (Å²) in [5, 5.41) is 0.817. The first-order valence-corrected chi connectivity index (χ1v) is 15.0. The van der Waals surface area contributed by atoms with Gasteiger partial charge in [-0.15, -0.1) is 0 Å². The Balaban J connectivity index is 1.83. The number of aromatic nitrogens is 4. The van der Waals surface area contributed by atoms with E-state index in [1.54, 1.807) is 39.7 Å². The van der Waals surface area contributed by atoms with Gasteiger partial charge in [0.05, 0.1) is 21.8 Å². The van der Waals surface area contributed by atoms with Crippen molar-refractivity contribution in [1.29, 1.82) is 0 Å². The normalized spacial score (nSPS) is 17.8. The molecule has 8 nitrogen and oxygen atoms in total. The van der Waals surface area contributed by atoms with E-state index in [2.05, 4.69) is 11.6 Å². The Bertz CT molecular complexity index is 1740. The summed E-state index contributed by atoms with van der Waals surface area (Å²) in [5.74, 6) is -0.102. The molecule has 0 aliphatic carbocycles. The molecule has 0 N–H and O–H groups in total. The Kier molecular flexibility index (Phi) is 7.95. The molecule has 1 fully saturated rings. The van der Waals surface area contributed by atoms with Crippen LogP contribution in [0.25, 0.3) is 28.0 Å². The average Bonchev–Trinajstić information content (AvgIpc) is 2.94. The van der Waals surface area contributed by atoms with Crippen LogP contribution in [0.2, 0.25) is 5.02 Å². The Morgan fingerprint density at radius 2 is 1.93 bits per heavy atom. The third-order valence-electron chi connectivity index (χ3n) is 7.51. The third kappa shape index (κ3) is 5.13. The number of amides is 1. The van der Waals surface area contributed by atoms with Crippen LogP contribution in [0.5, 0.6) is 0 Å². The third-order valence-corrected chi connectivity index (χ3v) is 8.89. The number of carbonyl (C=O) groups excluding carboxylic acids is 1. The number of hydrogen-bond donors (Lipinski definition) is 0. The van der Waals surface area contributed by atoms with Crippen molar-refractivity contribution in [2.24, 2.45) is 0 Å². The van der Waals surface area contributed by atoms with Gasteiger partial charge in [-0.25, -0.2) is 9.37 Å². The van der Waals surface area contributed by atoms with Gasteiger partial charge in [-0.2, -0.15) is 0 Å². The van der Waals surface area contributed by atoms with Gasteiger partial charge in [-0.3, -0.25) is 9.78 Å². The Hall–Kier alpha value is -3.68. The van der Waals surface area contributed by atoms with Gasteiger partial charge in [-0.05, 0) is 67.2 Å². The second kappa shape index (κ2) is 11.3. The predicted molar refractivity (Wildman–Crippen MR) is 162 cm³/mol. The van der Waals surface area contributed by atoms with Gasteiger partial charge in [-0.1, -0.05) is 48.5 Å². The molecule has 3 aromatic heterocycles. The zero-order valence-corrected chi connectivity index (χ0v) is 25.3. The molecule has 1 saturated heterocycles. The maximum absolute atomic E-state index is 15.0. The highest BCUT2D eigenvalue weighted by Gasteiger charge is 2.36. The SMILES string of the molecule is C=CC(=O)N1C[C@H](C)N(c2n[p+](=O)n(-c3c(C)ccnc3C(C)C)c3nc(-c4ccccc4F)c(Cl)cc23)C[C@H]1C. The van der Waals surface area contributed by atoms with Crippen molar-refractivity contribution in [3.8, 4) is 16.9 Å². The lowest BCUT2D eigenvalue weighted by Gasteiger charge is -2.44. The lowest BCUT2D eigenvalue weighted by Crippen LogP contribution is -2.58. The summed E-state index contributed by atoms with van der Waals surface area (Å²) in [6, 6.07) is 9.58. The fourth-order valence-corrected chi connectivity index (χ4v) is 6.90. The summed E-state index contributed by atoms with van der Waals surface area (Å²) in [6.45, 7) is 14.4. The Morgan fingerprint density at radius 3 is 2.61 bits per heavy atom. The summed E-state index contributed by atoms with van der Waals surface area (Å²) in [5.41, 5.74) is 3.12. The smallest absolute Gasteiger partial charge is 0.346 e. The van der Waals surface area contributed by atoms with Gasteiger partial charge in [0.1, 0.15) is 11.5 Å². The van der Waals surface area contributed by atoms with Crippen LogP contribution in [0.3, 0.4) is 0 Å². The van der Waals surface area contributed by atoms with Crippen molar-refractivity contribution in [1.82, 2.24) is 23.9 Å². The molecule has 11 heteroatoms. The fraction of sp³-hybridized carbons (Fsp3) is 0.333. The van der Waals surface area contributed by atoms with Crippen LogP contribution in [-0.4, -0.2) is 55.0 Å². The van der Waals surface area contributed by atoms with Crippen molar-refractivity contribution >= 4 is 42.1 Å². The zero-order chi connectivity index (χ0) is 29.6. The lowest BCUT2D eigenvalue weighted by molar-refractivity contribution is -0.128. The summed E-state index contributed by atoms with van der Waals surface area (Å²) in [7, 11) is -2.40. The number of fused-ring (bicyclic) bond motifs is 1. The average molecular weight is 594 g/mol. The maximum Gasteiger partial charge on any atom is 0.627 e. The molecule has 4 heterocycles. The first kappa shape index (κ1) is 28.8. The molecule has 212 valence electrons. The highest BCUT2D eigenvalue weighted by Crippen LogP contribution is 2.40. The largest absolute Gasteiger partial charge is 0.627 e. The van der Waals surface area contributed by atoms with Gasteiger partial charge in [0.15, 0.2) is 11.5 Å². The second-order valence-electron chi connectivity index (χ2n) is 10.7.